The van der Waals surface area contributed by atoms with Gasteiger partial charge in [-0.25, -0.2) is 0 Å². The van der Waals surface area contributed by atoms with Gasteiger partial charge in [0.25, 0.3) is 0 Å². The van der Waals surface area contributed by atoms with E-state index in [0.717, 1.165) is 6.08 Å². The monoisotopic (exact) mass is 519 g/mol. The van der Waals surface area contributed by atoms with Gasteiger partial charge in [0.05, 0.1) is 6.54 Å². The van der Waals surface area contributed by atoms with Gasteiger partial charge in [0.2, 0.25) is 17.7 Å². The summed E-state index contributed by atoms with van der Waals surface area (Å²) in [5.41, 5.74) is 0.385. The van der Waals surface area contributed by atoms with Crippen LogP contribution in [0, 0.1) is 0 Å². The van der Waals surface area contributed by atoms with Gasteiger partial charge in [0.1, 0.15) is 18.9 Å². The summed E-state index contributed by atoms with van der Waals surface area (Å²) in [5, 5.41) is 4.83. The molecule has 0 saturated carbocycles. The van der Waals surface area contributed by atoms with Gasteiger partial charge in [-0.05, 0) is 44.9 Å². The van der Waals surface area contributed by atoms with Crippen molar-refractivity contribution in [2.45, 2.75) is 52.9 Å². The van der Waals surface area contributed by atoms with Crippen molar-refractivity contribution < 1.29 is 38.3 Å². The van der Waals surface area contributed by atoms with E-state index in [1.807, 2.05) is 0 Å². The summed E-state index contributed by atoms with van der Waals surface area (Å²) in [5.74, 6) is -2.30. The molecule has 0 aromatic heterocycles. The smallest absolute Gasteiger partial charge is 0.325 e. The van der Waals surface area contributed by atoms with Crippen LogP contribution in [0.25, 0.3) is 0 Å². The van der Waals surface area contributed by atoms with Gasteiger partial charge in [-0.3, -0.25) is 28.8 Å². The Morgan fingerprint density at radius 3 is 2.22 bits per heavy atom. The maximum Gasteiger partial charge on any atom is 0.325 e. The molecule has 0 heterocycles. The van der Waals surface area contributed by atoms with Gasteiger partial charge in [0, 0.05) is 45.4 Å². The topological polar surface area (TPSA) is 156 Å². The molecule has 3 amide bonds. The van der Waals surface area contributed by atoms with Crippen molar-refractivity contribution in [3.05, 3.63) is 36.0 Å². The van der Waals surface area contributed by atoms with Gasteiger partial charge in [-0.1, -0.05) is 12.2 Å². The van der Waals surface area contributed by atoms with E-state index in [9.17, 15) is 33.6 Å². The maximum absolute atomic E-state index is 12.1. The summed E-state index contributed by atoms with van der Waals surface area (Å²) in [6.07, 6.45) is 8.15. The number of esters is 1. The Labute approximate surface area is 217 Å². The molecule has 37 heavy (non-hydrogen) atoms. The first-order chi connectivity index (χ1) is 17.5. The maximum atomic E-state index is 12.1. The summed E-state index contributed by atoms with van der Waals surface area (Å²) in [6.45, 7) is 4.08. The zero-order valence-corrected chi connectivity index (χ0v) is 22.0. The van der Waals surface area contributed by atoms with E-state index in [4.69, 9.17) is 4.74 Å². The molecule has 0 unspecified atom stereocenters. The lowest BCUT2D eigenvalue weighted by Crippen LogP contribution is -2.38. The quantitative estimate of drug-likeness (QED) is 0.200. The number of likely N-dealkylation sites (N-methyl/N-ethyl adjacent to an activating group) is 1. The van der Waals surface area contributed by atoms with Crippen LogP contribution in [-0.4, -0.2) is 79.2 Å². The summed E-state index contributed by atoms with van der Waals surface area (Å²) in [7, 11) is 1.50. The predicted molar refractivity (Wildman–Crippen MR) is 136 cm³/mol. The molecule has 0 rings (SSSR count). The first kappa shape index (κ1) is 33.1. The van der Waals surface area contributed by atoms with Crippen LogP contribution in [0.2, 0.25) is 0 Å². The second-order valence-corrected chi connectivity index (χ2v) is 8.19. The summed E-state index contributed by atoms with van der Waals surface area (Å²) in [6, 6.07) is 0. The number of rotatable bonds is 18. The molecule has 11 nitrogen and oxygen atoms in total. The minimum absolute atomic E-state index is 0.0580. The van der Waals surface area contributed by atoms with Gasteiger partial charge >= 0.3 is 5.97 Å². The lowest BCUT2D eigenvalue weighted by molar-refractivity contribution is -0.142. The van der Waals surface area contributed by atoms with E-state index < -0.39 is 11.9 Å². The molecule has 0 spiro atoms. The number of nitrogens with one attached hydrogen (secondary N) is 2. The van der Waals surface area contributed by atoms with E-state index in [1.54, 1.807) is 19.9 Å². The fourth-order valence-corrected chi connectivity index (χ4v) is 2.64. The van der Waals surface area contributed by atoms with Crippen LogP contribution in [-0.2, 0) is 38.3 Å². The number of Topliss-reactive ketones (excluding diaryl/α,β-unsaturated/α-hetero) is 2. The SMILES string of the molecule is C/C=C/C(=O)CCCC(=O)NCC(=O)N(C)C/C=C/C(=O)NCC(=O)OC/C=C(\C)C(=O)CCC(C)=O. The third-order valence-corrected chi connectivity index (χ3v) is 4.88. The Balaban J connectivity index is 4.16. The first-order valence-electron chi connectivity index (χ1n) is 11.9. The van der Waals surface area contributed by atoms with Gasteiger partial charge in [0.15, 0.2) is 11.6 Å². The number of hydrogen-bond donors (Lipinski definition) is 2. The van der Waals surface area contributed by atoms with E-state index in [1.165, 1.54) is 37.1 Å². The molecular weight excluding hydrogens is 482 g/mol. The number of nitrogens with zero attached hydrogens (tertiary/aromatic N) is 1. The number of ether oxygens (including phenoxy) is 1. The Hall–Kier alpha value is -3.89. The summed E-state index contributed by atoms with van der Waals surface area (Å²) in [4.78, 5) is 82.8. The molecule has 0 atom stereocenters. The lowest BCUT2D eigenvalue weighted by atomic mass is 10.1. The lowest BCUT2D eigenvalue weighted by Gasteiger charge is -2.15. The highest BCUT2D eigenvalue weighted by atomic mass is 16.5. The molecule has 2 N–H and O–H groups in total. The molecule has 204 valence electrons. The Kier molecular flexibility index (Phi) is 17.3. The second kappa shape index (κ2) is 19.3. The molecule has 0 aromatic rings. The van der Waals surface area contributed by atoms with Crippen molar-refractivity contribution in [2.75, 3.05) is 33.3 Å². The van der Waals surface area contributed by atoms with Crippen molar-refractivity contribution in [1.82, 2.24) is 15.5 Å². The molecule has 0 fully saturated rings. The highest BCUT2D eigenvalue weighted by Crippen LogP contribution is 2.03. The van der Waals surface area contributed by atoms with Crippen molar-refractivity contribution in [1.29, 1.82) is 0 Å². The third kappa shape index (κ3) is 18.1. The first-order valence-corrected chi connectivity index (χ1v) is 11.9. The molecule has 0 aromatic carbocycles. The van der Waals surface area contributed by atoms with Gasteiger partial charge in [-0.2, -0.15) is 0 Å². The standard InChI is InChI=1S/C26H37N3O8/c1-5-8-21(31)9-6-10-23(33)27-17-25(35)29(4)15-7-11-24(34)28-18-26(36)37-16-14-19(2)22(32)13-12-20(3)30/h5,7-8,11,14H,6,9-10,12-13,15-18H2,1-4H3,(H,27,33)(H,28,34)/b8-5+,11-7+,19-14+. The van der Waals surface area contributed by atoms with Crippen molar-refractivity contribution in [3.8, 4) is 0 Å². The summed E-state index contributed by atoms with van der Waals surface area (Å²) >= 11 is 0. The zero-order chi connectivity index (χ0) is 28.2. The van der Waals surface area contributed by atoms with E-state index in [2.05, 4.69) is 10.6 Å². The predicted octanol–water partition coefficient (Wildman–Crippen LogP) is 0.977. The Bertz CT molecular complexity index is 934. The fourth-order valence-electron chi connectivity index (χ4n) is 2.64. The average Bonchev–Trinajstić information content (AvgIpc) is 2.84. The van der Waals surface area contributed by atoms with Crippen molar-refractivity contribution in [2.24, 2.45) is 0 Å². The second-order valence-electron chi connectivity index (χ2n) is 8.19. The molecule has 0 bridgehead atoms. The highest BCUT2D eigenvalue weighted by Gasteiger charge is 2.11. The average molecular weight is 520 g/mol. The van der Waals surface area contributed by atoms with E-state index >= 15 is 0 Å². The largest absolute Gasteiger partial charge is 0.460 e. The Morgan fingerprint density at radius 1 is 0.865 bits per heavy atom. The molecule has 0 saturated heterocycles. The molecule has 0 radical (unpaired) electrons. The highest BCUT2D eigenvalue weighted by molar-refractivity contribution is 5.96. The molecule has 0 aliphatic heterocycles. The molecular formula is C26H37N3O8. The van der Waals surface area contributed by atoms with Crippen LogP contribution in [0.5, 0.6) is 0 Å². The number of ketones is 3. The van der Waals surface area contributed by atoms with Crippen LogP contribution >= 0.6 is 0 Å². The number of carbonyl (C=O) groups is 7. The number of carbonyl (C=O) groups excluding carboxylic acids is 7. The van der Waals surface area contributed by atoms with Crippen LogP contribution in [0.3, 0.4) is 0 Å². The van der Waals surface area contributed by atoms with Crippen LogP contribution in [0.1, 0.15) is 52.9 Å². The number of amides is 3. The van der Waals surface area contributed by atoms with Crippen LogP contribution in [0.15, 0.2) is 36.0 Å². The minimum Gasteiger partial charge on any atom is -0.460 e. The van der Waals surface area contributed by atoms with E-state index in [0.29, 0.717) is 12.0 Å². The van der Waals surface area contributed by atoms with Crippen molar-refractivity contribution >= 4 is 41.0 Å². The molecule has 0 aliphatic carbocycles. The molecule has 0 aliphatic rings. The zero-order valence-electron chi connectivity index (χ0n) is 22.0. The fraction of sp³-hybridized carbons (Fsp3) is 0.500. The van der Waals surface area contributed by atoms with Crippen LogP contribution in [0.4, 0.5) is 0 Å². The summed E-state index contributed by atoms with van der Waals surface area (Å²) < 4.78 is 4.93. The Morgan fingerprint density at radius 2 is 1.57 bits per heavy atom. The van der Waals surface area contributed by atoms with Crippen LogP contribution < -0.4 is 10.6 Å². The normalized spacial score (nSPS) is 11.3. The third-order valence-electron chi connectivity index (χ3n) is 4.88. The van der Waals surface area contributed by atoms with E-state index in [-0.39, 0.29) is 81.1 Å². The van der Waals surface area contributed by atoms with Gasteiger partial charge < -0.3 is 25.1 Å². The minimum atomic E-state index is -0.698. The number of hydrogen-bond acceptors (Lipinski definition) is 8. The van der Waals surface area contributed by atoms with Gasteiger partial charge in [-0.15, -0.1) is 0 Å². The molecule has 11 heteroatoms. The van der Waals surface area contributed by atoms with Crippen molar-refractivity contribution in [3.63, 3.8) is 0 Å². The number of allylic oxidation sites excluding steroid dienone is 3.